The molecule has 0 aliphatic rings. The van der Waals surface area contributed by atoms with E-state index in [9.17, 15) is 4.57 Å². The molecule has 0 N–H and O–H groups in total. The minimum absolute atomic E-state index is 0.301. The van der Waals surface area contributed by atoms with Gasteiger partial charge in [-0.05, 0) is 44.3 Å². The summed E-state index contributed by atoms with van der Waals surface area (Å²) in [7, 11) is -3.36. The van der Waals surface area contributed by atoms with Crippen molar-refractivity contribution in [2.24, 2.45) is 0 Å². The molecule has 4 heteroatoms. The van der Waals surface area contributed by atoms with Crippen molar-refractivity contribution in [3.63, 3.8) is 0 Å². The Morgan fingerprint density at radius 3 is 2.00 bits per heavy atom. The van der Waals surface area contributed by atoms with Crippen molar-refractivity contribution in [1.29, 1.82) is 0 Å². The zero-order valence-corrected chi connectivity index (χ0v) is 14.7. The van der Waals surface area contributed by atoms with Gasteiger partial charge < -0.3 is 8.99 Å². The molecule has 0 aliphatic heterocycles. The lowest BCUT2D eigenvalue weighted by atomic mass is 10.2. The van der Waals surface area contributed by atoms with Crippen molar-refractivity contribution < 1.29 is 8.99 Å². The summed E-state index contributed by atoms with van der Waals surface area (Å²) in [5, 5.41) is 0.301. The topological polar surface area (TPSA) is 26.3 Å². The molecule has 0 saturated carbocycles. The lowest BCUT2D eigenvalue weighted by Crippen LogP contribution is -2.40. The summed E-state index contributed by atoms with van der Waals surface area (Å²) in [5.41, 5.74) is 0. The van der Waals surface area contributed by atoms with Gasteiger partial charge >= 0.3 is 0 Å². The Labute approximate surface area is 109 Å². The number of unbranched alkanes of at least 4 members (excludes halogenated alkanes) is 2. The monoisotopic (exact) mass is 278 g/mol. The summed E-state index contributed by atoms with van der Waals surface area (Å²) in [4.78, 5) is 0. The molecule has 104 valence electrons. The Morgan fingerprint density at radius 2 is 1.59 bits per heavy atom. The van der Waals surface area contributed by atoms with Crippen LogP contribution in [0.2, 0.25) is 18.1 Å². The van der Waals surface area contributed by atoms with Crippen molar-refractivity contribution in [3.05, 3.63) is 0 Å². The van der Waals surface area contributed by atoms with Gasteiger partial charge in [-0.15, -0.1) is 0 Å². The molecule has 0 rings (SSSR count). The smallest absolute Gasteiger partial charge is 0.191 e. The minimum Gasteiger partial charge on any atom is -0.417 e. The predicted molar refractivity (Wildman–Crippen MR) is 81.3 cm³/mol. The van der Waals surface area contributed by atoms with Gasteiger partial charge in [0, 0.05) is 12.8 Å². The van der Waals surface area contributed by atoms with Gasteiger partial charge in [0.25, 0.3) is 0 Å². The van der Waals surface area contributed by atoms with Crippen LogP contribution in [0.15, 0.2) is 0 Å². The Balaban J connectivity index is 3.69. The molecule has 0 unspecified atom stereocenters. The van der Waals surface area contributed by atoms with E-state index in [1.165, 1.54) is 0 Å². The molecule has 0 amide bonds. The number of rotatable bonds is 7. The van der Waals surface area contributed by atoms with Crippen LogP contribution in [-0.4, -0.2) is 34.4 Å². The summed E-state index contributed by atoms with van der Waals surface area (Å²) in [6.07, 6.45) is 4.20. The second-order valence-corrected chi connectivity index (χ2v) is 15.4. The highest BCUT2D eigenvalue weighted by Gasteiger charge is 2.36. The second kappa shape index (κ2) is 6.54. The second-order valence-electron chi connectivity index (χ2n) is 6.97. The van der Waals surface area contributed by atoms with Crippen LogP contribution in [0.25, 0.3) is 0 Å². The quantitative estimate of drug-likeness (QED) is 0.380. The first kappa shape index (κ1) is 17.4. The van der Waals surface area contributed by atoms with E-state index in [1.54, 1.807) is 0 Å². The Hall–Kier alpha value is 0.407. The maximum Gasteiger partial charge on any atom is 0.191 e. The van der Waals surface area contributed by atoms with Crippen LogP contribution >= 0.6 is 7.14 Å². The third-order valence-corrected chi connectivity index (χ3v) is 9.54. The lowest BCUT2D eigenvalue weighted by Gasteiger charge is -2.36. The maximum absolute atomic E-state index is 11.5. The van der Waals surface area contributed by atoms with Crippen LogP contribution in [0.5, 0.6) is 0 Å². The molecule has 0 atom stereocenters. The van der Waals surface area contributed by atoms with E-state index in [-0.39, 0.29) is 0 Å². The molecule has 0 fully saturated rings. The average molecular weight is 278 g/mol. The van der Waals surface area contributed by atoms with E-state index >= 15 is 0 Å². The highest BCUT2D eigenvalue weighted by molar-refractivity contribution is 7.62. The highest BCUT2D eigenvalue weighted by atomic mass is 31.2. The molecule has 0 radical (unpaired) electrons. The van der Waals surface area contributed by atoms with E-state index in [0.29, 0.717) is 5.04 Å². The van der Waals surface area contributed by atoms with Crippen molar-refractivity contribution in [2.75, 3.05) is 26.1 Å². The summed E-state index contributed by atoms with van der Waals surface area (Å²) < 4.78 is 17.6. The van der Waals surface area contributed by atoms with Gasteiger partial charge in [0.05, 0.1) is 7.14 Å². The molecule has 0 bridgehead atoms. The van der Waals surface area contributed by atoms with Crippen molar-refractivity contribution >= 4 is 15.5 Å². The first-order valence-electron chi connectivity index (χ1n) is 6.64. The van der Waals surface area contributed by atoms with Gasteiger partial charge in [0.15, 0.2) is 8.32 Å². The molecular formula is C13H31O2PSi. The first-order valence-corrected chi connectivity index (χ1v) is 12.3. The van der Waals surface area contributed by atoms with Crippen LogP contribution in [0.1, 0.15) is 40.0 Å². The highest BCUT2D eigenvalue weighted by Crippen LogP contribution is 2.37. The largest absolute Gasteiger partial charge is 0.417 e. The zero-order valence-electron chi connectivity index (χ0n) is 12.8. The Kier molecular flexibility index (Phi) is 6.69. The fourth-order valence-corrected chi connectivity index (χ4v) is 3.39. The van der Waals surface area contributed by atoms with Crippen molar-refractivity contribution in [2.45, 2.75) is 58.2 Å². The van der Waals surface area contributed by atoms with Crippen LogP contribution in [0, 0.1) is 0 Å². The molecule has 0 aromatic carbocycles. The van der Waals surface area contributed by atoms with Crippen molar-refractivity contribution in [3.8, 4) is 0 Å². The van der Waals surface area contributed by atoms with Crippen LogP contribution in [-0.2, 0) is 8.99 Å². The predicted octanol–water partition coefficient (Wildman–Crippen LogP) is 4.80. The third kappa shape index (κ3) is 8.18. The molecule has 0 spiro atoms. The lowest BCUT2D eigenvalue weighted by molar-refractivity contribution is 0.278. The van der Waals surface area contributed by atoms with Gasteiger partial charge in [0.2, 0.25) is 0 Å². The van der Waals surface area contributed by atoms with E-state index in [4.69, 9.17) is 4.43 Å². The average Bonchev–Trinajstić information content (AvgIpc) is 2.07. The van der Waals surface area contributed by atoms with E-state index in [2.05, 4.69) is 33.9 Å². The van der Waals surface area contributed by atoms with Crippen LogP contribution in [0.3, 0.4) is 0 Å². The standard InChI is InChI=1S/C13H31O2PSi/c1-13(2,3)17(6,7)15-11-9-8-10-12-16(4,5)14/h8-12H2,1-7H3. The summed E-state index contributed by atoms with van der Waals surface area (Å²) in [6.45, 7) is 16.0. The minimum atomic E-state index is -1.81. The van der Waals surface area contributed by atoms with Gasteiger partial charge in [-0.3, -0.25) is 0 Å². The SMILES string of the molecule is CC(C)(C)[Si](C)(C)OCCCCCP(C)(C)=O. The molecule has 0 aromatic rings. The van der Waals surface area contributed by atoms with Gasteiger partial charge in [0.1, 0.15) is 0 Å². The molecule has 0 aliphatic carbocycles. The molecule has 0 saturated heterocycles. The third-order valence-electron chi connectivity index (χ3n) is 3.61. The molecule has 0 heterocycles. The van der Waals surface area contributed by atoms with Gasteiger partial charge in [-0.1, -0.05) is 27.2 Å². The van der Waals surface area contributed by atoms with E-state index in [1.807, 2.05) is 13.3 Å². The van der Waals surface area contributed by atoms with Crippen LogP contribution in [0.4, 0.5) is 0 Å². The normalized spacial score (nSPS) is 14.1. The van der Waals surface area contributed by atoms with Gasteiger partial charge in [-0.2, -0.15) is 0 Å². The Bertz CT molecular complexity index is 263. The molecule has 17 heavy (non-hydrogen) atoms. The fourth-order valence-electron chi connectivity index (χ4n) is 1.32. The summed E-state index contributed by atoms with van der Waals surface area (Å²) >= 11 is 0. The summed E-state index contributed by atoms with van der Waals surface area (Å²) in [5.74, 6) is 0. The zero-order chi connectivity index (χ0) is 13.7. The Morgan fingerprint density at radius 1 is 1.06 bits per heavy atom. The van der Waals surface area contributed by atoms with Gasteiger partial charge in [-0.25, -0.2) is 0 Å². The van der Waals surface area contributed by atoms with Crippen LogP contribution < -0.4 is 0 Å². The molecular weight excluding hydrogens is 247 g/mol. The number of hydrogen-bond donors (Lipinski definition) is 0. The maximum atomic E-state index is 11.5. The molecule has 0 aromatic heterocycles. The summed E-state index contributed by atoms with van der Waals surface area (Å²) in [6, 6.07) is 0. The number of hydrogen-bond acceptors (Lipinski definition) is 2. The first-order chi connectivity index (χ1) is 7.46. The fraction of sp³-hybridized carbons (Fsp3) is 1.00. The van der Waals surface area contributed by atoms with E-state index in [0.717, 1.165) is 32.0 Å². The van der Waals surface area contributed by atoms with E-state index < -0.39 is 15.5 Å². The molecule has 2 nitrogen and oxygen atoms in total. The van der Waals surface area contributed by atoms with Crippen molar-refractivity contribution in [1.82, 2.24) is 0 Å².